The van der Waals surface area contributed by atoms with Crippen LogP contribution in [0.3, 0.4) is 0 Å². The van der Waals surface area contributed by atoms with E-state index in [1.54, 1.807) is 20.8 Å². The number of carbonyl (C=O) groups excluding carboxylic acids is 1. The van der Waals surface area contributed by atoms with Gasteiger partial charge in [-0.05, 0) is 38.3 Å². The number of nitrogens with one attached hydrogen (secondary N) is 1. The van der Waals surface area contributed by atoms with Gasteiger partial charge in [0.15, 0.2) is 0 Å². The van der Waals surface area contributed by atoms with Crippen LogP contribution in [0.15, 0.2) is 41.3 Å². The first kappa shape index (κ1) is 19.4. The highest BCUT2D eigenvalue weighted by Crippen LogP contribution is 2.30. The molecule has 0 radical (unpaired) electrons. The number of aromatic amines is 1. The summed E-state index contributed by atoms with van der Waals surface area (Å²) in [5, 5.41) is 0. The average molecular weight is 388 g/mol. The highest BCUT2D eigenvalue weighted by Gasteiger charge is 2.32. The normalized spacial score (nSPS) is 15.4. The van der Waals surface area contributed by atoms with Crippen LogP contribution >= 0.6 is 0 Å². The molecule has 2 aromatic rings. The number of rotatable bonds is 5. The van der Waals surface area contributed by atoms with E-state index >= 15 is 0 Å². The topological polar surface area (TPSA) is 79.5 Å². The number of aryl methyl sites for hydroxylation is 1. The summed E-state index contributed by atoms with van der Waals surface area (Å²) in [6.07, 6.45) is 2.61. The van der Waals surface area contributed by atoms with Crippen LogP contribution in [0.4, 0.5) is 0 Å². The number of aromatic nitrogens is 1. The monoisotopic (exact) mass is 388 g/mol. The van der Waals surface area contributed by atoms with Crippen molar-refractivity contribution in [2.24, 2.45) is 0 Å². The number of hydrogen-bond donors (Lipinski definition) is 1. The molecule has 6 nitrogen and oxygen atoms in total. The Morgan fingerprint density at radius 1 is 1.22 bits per heavy atom. The molecule has 0 atom stereocenters. The quantitative estimate of drug-likeness (QED) is 0.797. The zero-order chi connectivity index (χ0) is 19.6. The molecule has 0 aliphatic carbocycles. The Labute approximate surface area is 159 Å². The molecule has 0 saturated heterocycles. The van der Waals surface area contributed by atoms with E-state index in [9.17, 15) is 13.2 Å². The highest BCUT2D eigenvalue weighted by atomic mass is 32.2. The molecule has 27 heavy (non-hydrogen) atoms. The van der Waals surface area contributed by atoms with E-state index < -0.39 is 16.0 Å². The molecule has 1 aliphatic rings. The maximum absolute atomic E-state index is 13.2. The molecule has 1 aromatic carbocycles. The summed E-state index contributed by atoms with van der Waals surface area (Å²) in [6, 6.07) is 9.97. The second-order valence-corrected chi connectivity index (χ2v) is 8.38. The third-order valence-corrected chi connectivity index (χ3v) is 6.90. The molecule has 1 N–H and O–H groups in total. The first-order valence-corrected chi connectivity index (χ1v) is 10.4. The van der Waals surface area contributed by atoms with Crippen LogP contribution in [0, 0.1) is 13.8 Å². The Morgan fingerprint density at radius 2 is 1.93 bits per heavy atom. The highest BCUT2D eigenvalue weighted by molar-refractivity contribution is 7.89. The zero-order valence-corrected chi connectivity index (χ0v) is 16.6. The fourth-order valence-corrected chi connectivity index (χ4v) is 5.23. The van der Waals surface area contributed by atoms with Crippen molar-refractivity contribution < 1.29 is 17.9 Å². The van der Waals surface area contributed by atoms with Gasteiger partial charge in [-0.2, -0.15) is 4.31 Å². The molecule has 2 heterocycles. The van der Waals surface area contributed by atoms with Crippen LogP contribution in [0.5, 0.6) is 0 Å². The number of hydrogen-bond acceptors (Lipinski definition) is 4. The Balaban J connectivity index is 1.88. The van der Waals surface area contributed by atoms with Gasteiger partial charge in [0.2, 0.25) is 10.0 Å². The van der Waals surface area contributed by atoms with Gasteiger partial charge in [-0.15, -0.1) is 0 Å². The smallest absolute Gasteiger partial charge is 0.355 e. The lowest BCUT2D eigenvalue weighted by atomic mass is 10.0. The Bertz CT molecular complexity index is 975. The lowest BCUT2D eigenvalue weighted by Gasteiger charge is -2.26. The van der Waals surface area contributed by atoms with E-state index in [0.717, 1.165) is 11.1 Å². The summed E-state index contributed by atoms with van der Waals surface area (Å²) < 4.78 is 32.8. The van der Waals surface area contributed by atoms with Gasteiger partial charge in [0, 0.05) is 24.3 Å². The summed E-state index contributed by atoms with van der Waals surface area (Å²) in [6.45, 7) is 5.96. The second kappa shape index (κ2) is 7.70. The van der Waals surface area contributed by atoms with Gasteiger partial charge in [-0.3, -0.25) is 0 Å². The first-order valence-electron chi connectivity index (χ1n) is 8.97. The molecule has 144 valence electrons. The van der Waals surface area contributed by atoms with Crippen LogP contribution in [0.2, 0.25) is 0 Å². The molecule has 1 aromatic heterocycles. The molecule has 0 spiro atoms. The predicted octanol–water partition coefficient (Wildman–Crippen LogP) is 3.29. The number of benzene rings is 1. The Morgan fingerprint density at radius 3 is 2.52 bits per heavy atom. The fraction of sp³-hybridized carbons (Fsp3) is 0.350. The lowest BCUT2D eigenvalue weighted by molar-refractivity contribution is 0.0519. The van der Waals surface area contributed by atoms with Gasteiger partial charge in [0.1, 0.15) is 10.6 Å². The summed E-state index contributed by atoms with van der Waals surface area (Å²) in [5.74, 6) is -0.538. The number of H-pyrrole nitrogens is 1. The molecule has 7 heteroatoms. The van der Waals surface area contributed by atoms with Crippen molar-refractivity contribution >= 4 is 21.6 Å². The first-order chi connectivity index (χ1) is 12.9. The van der Waals surface area contributed by atoms with Gasteiger partial charge in [0.25, 0.3) is 0 Å². The van der Waals surface area contributed by atoms with Crippen molar-refractivity contribution in [3.05, 3.63) is 58.9 Å². The Hall–Kier alpha value is -2.38. The largest absolute Gasteiger partial charge is 0.461 e. The van der Waals surface area contributed by atoms with E-state index in [-0.39, 0.29) is 17.2 Å². The third-order valence-electron chi connectivity index (χ3n) is 4.76. The molecule has 0 amide bonds. The van der Waals surface area contributed by atoms with Crippen molar-refractivity contribution in [1.82, 2.24) is 9.29 Å². The summed E-state index contributed by atoms with van der Waals surface area (Å²) >= 11 is 0. The van der Waals surface area contributed by atoms with E-state index in [4.69, 9.17) is 4.74 Å². The molecule has 0 unspecified atom stereocenters. The minimum atomic E-state index is -3.71. The SMILES string of the molecule is CCOC(=O)c1[nH]c(C)c(S(=O)(=O)N2CC=C(c3ccccc3)CC2)c1C. The number of ether oxygens (including phenoxy) is 1. The molecule has 0 fully saturated rings. The summed E-state index contributed by atoms with van der Waals surface area (Å²) in [7, 11) is -3.71. The standard InChI is InChI=1S/C20H24N2O4S/c1-4-26-20(23)18-14(2)19(15(3)21-18)27(24,25)22-12-10-17(11-13-22)16-8-6-5-7-9-16/h5-10,21H,4,11-13H2,1-3H3. The lowest BCUT2D eigenvalue weighted by Crippen LogP contribution is -2.35. The minimum absolute atomic E-state index is 0.169. The van der Waals surface area contributed by atoms with E-state index in [0.29, 0.717) is 30.8 Å². The van der Waals surface area contributed by atoms with Crippen LogP contribution < -0.4 is 0 Å². The average Bonchev–Trinajstić information content (AvgIpc) is 2.98. The summed E-state index contributed by atoms with van der Waals surface area (Å²) in [5.41, 5.74) is 3.33. The minimum Gasteiger partial charge on any atom is -0.461 e. The van der Waals surface area contributed by atoms with Crippen molar-refractivity contribution in [3.8, 4) is 0 Å². The van der Waals surface area contributed by atoms with Crippen LogP contribution in [0.25, 0.3) is 5.57 Å². The van der Waals surface area contributed by atoms with Crippen LogP contribution in [-0.2, 0) is 14.8 Å². The van der Waals surface area contributed by atoms with E-state index in [2.05, 4.69) is 4.98 Å². The van der Waals surface area contributed by atoms with Crippen LogP contribution in [-0.4, -0.2) is 43.4 Å². The van der Waals surface area contributed by atoms with Crippen molar-refractivity contribution in [3.63, 3.8) is 0 Å². The molecule has 3 rings (SSSR count). The van der Waals surface area contributed by atoms with Gasteiger partial charge in [0.05, 0.1) is 6.61 Å². The number of sulfonamides is 1. The molecule has 0 bridgehead atoms. The fourth-order valence-electron chi connectivity index (χ4n) is 3.44. The third kappa shape index (κ3) is 3.70. The molecular formula is C20H24N2O4S. The zero-order valence-electron chi connectivity index (χ0n) is 15.8. The van der Waals surface area contributed by atoms with Crippen molar-refractivity contribution in [1.29, 1.82) is 0 Å². The Kier molecular flexibility index (Phi) is 5.53. The predicted molar refractivity (Wildman–Crippen MR) is 104 cm³/mol. The van der Waals surface area contributed by atoms with Crippen molar-refractivity contribution in [2.45, 2.75) is 32.1 Å². The van der Waals surface area contributed by atoms with Crippen LogP contribution in [0.1, 0.15) is 40.7 Å². The second-order valence-electron chi connectivity index (χ2n) is 6.51. The number of esters is 1. The van der Waals surface area contributed by atoms with E-state index in [1.165, 1.54) is 4.31 Å². The van der Waals surface area contributed by atoms with Gasteiger partial charge < -0.3 is 9.72 Å². The molecular weight excluding hydrogens is 364 g/mol. The van der Waals surface area contributed by atoms with Gasteiger partial charge >= 0.3 is 5.97 Å². The molecule has 0 saturated carbocycles. The maximum atomic E-state index is 13.2. The number of carbonyl (C=O) groups is 1. The van der Waals surface area contributed by atoms with Crippen molar-refractivity contribution in [2.75, 3.05) is 19.7 Å². The van der Waals surface area contributed by atoms with Gasteiger partial charge in [-0.25, -0.2) is 13.2 Å². The van der Waals surface area contributed by atoms with Gasteiger partial charge in [-0.1, -0.05) is 36.4 Å². The number of nitrogens with zero attached hydrogens (tertiary/aromatic N) is 1. The van der Waals surface area contributed by atoms with E-state index in [1.807, 2.05) is 36.4 Å². The molecule has 1 aliphatic heterocycles. The maximum Gasteiger partial charge on any atom is 0.355 e. The summed E-state index contributed by atoms with van der Waals surface area (Å²) in [4.78, 5) is 15.1.